The molecule has 3 aromatic rings. The van der Waals surface area contributed by atoms with Gasteiger partial charge in [-0.25, -0.2) is 0 Å². The molecule has 0 saturated carbocycles. The van der Waals surface area contributed by atoms with Gasteiger partial charge in [-0.3, -0.25) is 9.59 Å². The molecule has 0 bridgehead atoms. The van der Waals surface area contributed by atoms with Gasteiger partial charge in [0.1, 0.15) is 5.75 Å². The van der Waals surface area contributed by atoms with Crippen molar-refractivity contribution in [2.45, 2.75) is 32.7 Å². The Hall–Kier alpha value is -3.80. The summed E-state index contributed by atoms with van der Waals surface area (Å²) in [6, 6.07) is 24.7. The maximum atomic E-state index is 12.4. The predicted octanol–water partition coefficient (Wildman–Crippen LogP) is 4.89. The summed E-state index contributed by atoms with van der Waals surface area (Å²) in [6.45, 7) is 4.63. The normalized spacial score (nSPS) is 11.3. The SMILES string of the molecule is CCC(C)NC(=O)c1cccc(NCC(=O)Nc2cccc(OCCc3ccccc3)c2)c1. The van der Waals surface area contributed by atoms with Gasteiger partial charge < -0.3 is 20.7 Å². The molecule has 0 fully saturated rings. The Labute approximate surface area is 195 Å². The van der Waals surface area contributed by atoms with Crippen molar-refractivity contribution in [3.63, 3.8) is 0 Å². The van der Waals surface area contributed by atoms with Crippen LogP contribution in [0.15, 0.2) is 78.9 Å². The van der Waals surface area contributed by atoms with Gasteiger partial charge in [-0.1, -0.05) is 49.4 Å². The number of rotatable bonds is 11. The Balaban J connectivity index is 1.47. The molecule has 0 aliphatic rings. The molecule has 0 aliphatic heterocycles. The van der Waals surface area contributed by atoms with Crippen LogP contribution in [0, 0.1) is 0 Å². The second-order valence-corrected chi connectivity index (χ2v) is 7.88. The molecule has 1 atom stereocenters. The molecule has 6 heteroatoms. The third kappa shape index (κ3) is 8.00. The molecule has 0 heterocycles. The van der Waals surface area contributed by atoms with E-state index in [0.29, 0.717) is 29.3 Å². The highest BCUT2D eigenvalue weighted by Gasteiger charge is 2.10. The summed E-state index contributed by atoms with van der Waals surface area (Å²) in [4.78, 5) is 24.7. The first-order chi connectivity index (χ1) is 16.0. The van der Waals surface area contributed by atoms with E-state index < -0.39 is 0 Å². The lowest BCUT2D eigenvalue weighted by Crippen LogP contribution is -2.31. The quantitative estimate of drug-likeness (QED) is 0.393. The minimum atomic E-state index is -0.189. The molecule has 3 aromatic carbocycles. The molecule has 3 N–H and O–H groups in total. The zero-order chi connectivity index (χ0) is 23.5. The minimum absolute atomic E-state index is 0.0789. The van der Waals surface area contributed by atoms with E-state index in [4.69, 9.17) is 4.74 Å². The Morgan fingerprint density at radius 2 is 1.67 bits per heavy atom. The fourth-order valence-corrected chi connectivity index (χ4v) is 3.16. The van der Waals surface area contributed by atoms with Gasteiger partial charge in [0.2, 0.25) is 5.91 Å². The summed E-state index contributed by atoms with van der Waals surface area (Å²) in [5, 5.41) is 8.88. The Bertz CT molecular complexity index is 1050. The summed E-state index contributed by atoms with van der Waals surface area (Å²) in [7, 11) is 0. The number of carbonyl (C=O) groups is 2. The minimum Gasteiger partial charge on any atom is -0.493 e. The van der Waals surface area contributed by atoms with E-state index in [1.54, 1.807) is 18.2 Å². The first kappa shape index (κ1) is 23.9. The highest BCUT2D eigenvalue weighted by atomic mass is 16.5. The van der Waals surface area contributed by atoms with Crippen LogP contribution in [0.2, 0.25) is 0 Å². The number of hydrogen-bond donors (Lipinski definition) is 3. The van der Waals surface area contributed by atoms with Gasteiger partial charge in [0.15, 0.2) is 0 Å². The van der Waals surface area contributed by atoms with Gasteiger partial charge in [-0.05, 0) is 49.2 Å². The standard InChI is InChI=1S/C27H31N3O3/c1-3-20(2)29-27(32)22-11-7-12-23(17-22)28-19-26(31)30-24-13-8-14-25(18-24)33-16-15-21-9-5-4-6-10-21/h4-14,17-18,20,28H,3,15-16,19H2,1-2H3,(H,29,32)(H,30,31). The zero-order valence-electron chi connectivity index (χ0n) is 19.1. The lowest BCUT2D eigenvalue weighted by molar-refractivity contribution is -0.114. The third-order valence-corrected chi connectivity index (χ3v) is 5.19. The topological polar surface area (TPSA) is 79.5 Å². The van der Waals surface area contributed by atoms with Crippen LogP contribution >= 0.6 is 0 Å². The average molecular weight is 446 g/mol. The first-order valence-electron chi connectivity index (χ1n) is 11.2. The van der Waals surface area contributed by atoms with Crippen molar-refractivity contribution in [1.82, 2.24) is 5.32 Å². The fraction of sp³-hybridized carbons (Fsp3) is 0.259. The average Bonchev–Trinajstić information content (AvgIpc) is 2.84. The smallest absolute Gasteiger partial charge is 0.251 e. The maximum Gasteiger partial charge on any atom is 0.251 e. The van der Waals surface area contributed by atoms with Crippen LogP contribution in [0.4, 0.5) is 11.4 Å². The molecule has 0 spiro atoms. The van der Waals surface area contributed by atoms with E-state index in [2.05, 4.69) is 28.1 Å². The second kappa shape index (κ2) is 12.3. The van der Waals surface area contributed by atoms with Gasteiger partial charge in [0.05, 0.1) is 13.2 Å². The largest absolute Gasteiger partial charge is 0.493 e. The van der Waals surface area contributed by atoms with Crippen LogP contribution in [0.3, 0.4) is 0 Å². The van der Waals surface area contributed by atoms with E-state index in [9.17, 15) is 9.59 Å². The Kier molecular flexibility index (Phi) is 8.88. The van der Waals surface area contributed by atoms with Crippen molar-refractivity contribution in [2.75, 3.05) is 23.8 Å². The lowest BCUT2D eigenvalue weighted by atomic mass is 10.1. The van der Waals surface area contributed by atoms with Crippen molar-refractivity contribution < 1.29 is 14.3 Å². The molecule has 6 nitrogen and oxygen atoms in total. The van der Waals surface area contributed by atoms with Crippen LogP contribution in [-0.2, 0) is 11.2 Å². The van der Waals surface area contributed by atoms with Crippen LogP contribution in [0.5, 0.6) is 5.75 Å². The van der Waals surface area contributed by atoms with Crippen molar-refractivity contribution in [2.24, 2.45) is 0 Å². The molecule has 0 aliphatic carbocycles. The Morgan fingerprint density at radius 1 is 0.909 bits per heavy atom. The lowest BCUT2D eigenvalue weighted by Gasteiger charge is -2.13. The van der Waals surface area contributed by atoms with Crippen molar-refractivity contribution in [3.8, 4) is 5.75 Å². The summed E-state index contributed by atoms with van der Waals surface area (Å²) in [6.07, 6.45) is 1.68. The van der Waals surface area contributed by atoms with Crippen molar-refractivity contribution in [1.29, 1.82) is 0 Å². The molecule has 3 rings (SSSR count). The highest BCUT2D eigenvalue weighted by Crippen LogP contribution is 2.18. The number of anilines is 2. The third-order valence-electron chi connectivity index (χ3n) is 5.19. The number of ether oxygens (including phenoxy) is 1. The number of carbonyl (C=O) groups excluding carboxylic acids is 2. The highest BCUT2D eigenvalue weighted by molar-refractivity contribution is 5.96. The van der Waals surface area contributed by atoms with E-state index in [1.165, 1.54) is 5.56 Å². The van der Waals surface area contributed by atoms with E-state index in [1.807, 2.05) is 62.4 Å². The summed E-state index contributed by atoms with van der Waals surface area (Å²) >= 11 is 0. The maximum absolute atomic E-state index is 12.4. The van der Waals surface area contributed by atoms with Gasteiger partial charge in [0, 0.05) is 35.5 Å². The van der Waals surface area contributed by atoms with Crippen molar-refractivity contribution in [3.05, 3.63) is 90.0 Å². The molecule has 172 valence electrons. The van der Waals surface area contributed by atoms with E-state index in [0.717, 1.165) is 12.8 Å². The summed E-state index contributed by atoms with van der Waals surface area (Å²) in [5.74, 6) is 0.393. The summed E-state index contributed by atoms with van der Waals surface area (Å²) < 4.78 is 5.83. The van der Waals surface area contributed by atoms with Gasteiger partial charge in [-0.2, -0.15) is 0 Å². The second-order valence-electron chi connectivity index (χ2n) is 7.88. The van der Waals surface area contributed by atoms with Gasteiger partial charge in [0.25, 0.3) is 5.91 Å². The fourth-order valence-electron chi connectivity index (χ4n) is 3.16. The van der Waals surface area contributed by atoms with Gasteiger partial charge >= 0.3 is 0 Å². The number of hydrogen-bond acceptors (Lipinski definition) is 4. The predicted molar refractivity (Wildman–Crippen MR) is 133 cm³/mol. The molecule has 0 saturated heterocycles. The number of nitrogens with one attached hydrogen (secondary N) is 3. The number of benzene rings is 3. The van der Waals surface area contributed by atoms with Crippen LogP contribution in [0.25, 0.3) is 0 Å². The van der Waals surface area contributed by atoms with Crippen molar-refractivity contribution >= 4 is 23.2 Å². The molecule has 2 amide bonds. The van der Waals surface area contributed by atoms with Crippen LogP contribution in [0.1, 0.15) is 36.2 Å². The molecular formula is C27H31N3O3. The molecule has 0 aromatic heterocycles. The summed E-state index contributed by atoms with van der Waals surface area (Å²) in [5.41, 5.74) is 3.15. The number of amides is 2. The molecule has 0 radical (unpaired) electrons. The molecule has 1 unspecified atom stereocenters. The van der Waals surface area contributed by atoms with E-state index in [-0.39, 0.29) is 24.4 Å². The van der Waals surface area contributed by atoms with E-state index >= 15 is 0 Å². The monoisotopic (exact) mass is 445 g/mol. The molecule has 33 heavy (non-hydrogen) atoms. The van der Waals surface area contributed by atoms with Crippen LogP contribution in [-0.4, -0.2) is 31.0 Å². The van der Waals surface area contributed by atoms with Crippen LogP contribution < -0.4 is 20.7 Å². The Morgan fingerprint density at radius 3 is 2.45 bits per heavy atom. The zero-order valence-corrected chi connectivity index (χ0v) is 19.1. The molecular weight excluding hydrogens is 414 g/mol. The van der Waals surface area contributed by atoms with Gasteiger partial charge in [-0.15, -0.1) is 0 Å². The first-order valence-corrected chi connectivity index (χ1v) is 11.2.